The summed E-state index contributed by atoms with van der Waals surface area (Å²) in [7, 11) is 0. The average Bonchev–Trinajstić information content (AvgIpc) is 3.29. The monoisotopic (exact) mass is 419 g/mol. The summed E-state index contributed by atoms with van der Waals surface area (Å²) in [4.78, 5) is 5.05. The first-order valence-electron chi connectivity index (χ1n) is 11.4. The molecule has 5 heteroatoms. The lowest BCUT2D eigenvalue weighted by Gasteiger charge is -2.23. The highest BCUT2D eigenvalue weighted by Crippen LogP contribution is 2.38. The quantitative estimate of drug-likeness (QED) is 0.237. The molecule has 0 saturated carbocycles. The van der Waals surface area contributed by atoms with Crippen LogP contribution in [0.5, 0.6) is 0 Å². The van der Waals surface area contributed by atoms with Crippen LogP contribution in [0.4, 0.5) is 5.69 Å². The van der Waals surface area contributed by atoms with Gasteiger partial charge in [-0.3, -0.25) is 5.10 Å². The van der Waals surface area contributed by atoms with Gasteiger partial charge in [-0.15, -0.1) is 0 Å². The summed E-state index contributed by atoms with van der Waals surface area (Å²) < 4.78 is 0. The first kappa shape index (κ1) is 22.5. The number of rotatable bonds is 2. The summed E-state index contributed by atoms with van der Waals surface area (Å²) in [6, 6.07) is 10.2. The van der Waals surface area contributed by atoms with Crippen LogP contribution < -0.4 is 5.73 Å². The Hall–Kier alpha value is -3.21. The van der Waals surface area contributed by atoms with Crippen LogP contribution in [-0.2, 0) is 12.8 Å². The molecule has 2 aromatic carbocycles. The number of H-pyrrole nitrogens is 1. The highest BCUT2D eigenvalue weighted by atomic mass is 15.1. The number of pyridine rings is 1. The number of nitrogens with zero attached hydrogens (tertiary/aromatic N) is 2. The number of benzene rings is 2. The van der Waals surface area contributed by atoms with E-state index in [4.69, 9.17) is 16.1 Å². The summed E-state index contributed by atoms with van der Waals surface area (Å²) in [5.41, 5.74) is 15.0. The molecule has 2 heterocycles. The van der Waals surface area contributed by atoms with Gasteiger partial charge in [0, 0.05) is 36.2 Å². The first-order valence-corrected chi connectivity index (χ1v) is 11.4. The summed E-state index contributed by atoms with van der Waals surface area (Å²) in [5.74, 6) is 0. The van der Waals surface area contributed by atoms with Crippen LogP contribution in [0.1, 0.15) is 67.0 Å². The van der Waals surface area contributed by atoms with Gasteiger partial charge < -0.3 is 11.1 Å². The highest BCUT2D eigenvalue weighted by Gasteiger charge is 2.22. The van der Waals surface area contributed by atoms with Gasteiger partial charge in [0.25, 0.3) is 0 Å². The number of fused-ring (bicyclic) bond motifs is 4. The average molecular weight is 420 g/mol. The molecule has 5 nitrogen and oxygen atoms in total. The largest absolute Gasteiger partial charge is 0.398 e. The van der Waals surface area contributed by atoms with E-state index in [-0.39, 0.29) is 2.85 Å². The fraction of sp³-hybridized carbons (Fsp3) is 0.346. The number of nitrogens with one attached hydrogen (secondary N) is 2. The van der Waals surface area contributed by atoms with Crippen molar-refractivity contribution in [2.24, 2.45) is 0 Å². The van der Waals surface area contributed by atoms with Crippen molar-refractivity contribution in [1.82, 2.24) is 15.2 Å². The zero-order valence-electron chi connectivity index (χ0n) is 19.3. The van der Waals surface area contributed by atoms with E-state index >= 15 is 0 Å². The fourth-order valence-electron chi connectivity index (χ4n) is 4.37. The van der Waals surface area contributed by atoms with Crippen LogP contribution in [0.15, 0.2) is 36.5 Å². The maximum absolute atomic E-state index is 8.25. The molecule has 0 saturated heterocycles. The standard InChI is InChI=1S/C22H21N5.2C2H6.2H2/c1-12(23)20-17(24)7-9-19-21(20)15-4-2-3-5-16(15)22(26-19)13-6-8-18-14(10-13)11-25-27-18;2*1-2;;/h6-11,23H,2-5,24H2,1H3,(H,25,27);2*1-2H3;2*1H. The topological polar surface area (TPSA) is 91.4 Å². The normalized spacial score (nSPS) is 12.4. The zero-order valence-corrected chi connectivity index (χ0v) is 19.3. The molecule has 4 N–H and O–H groups in total. The Morgan fingerprint density at radius 3 is 2.45 bits per heavy atom. The molecule has 1 aliphatic rings. The molecule has 31 heavy (non-hydrogen) atoms. The van der Waals surface area contributed by atoms with E-state index in [0.717, 1.165) is 57.9 Å². The van der Waals surface area contributed by atoms with Crippen molar-refractivity contribution in [2.75, 3.05) is 5.73 Å². The van der Waals surface area contributed by atoms with Crippen molar-refractivity contribution in [1.29, 1.82) is 5.41 Å². The molecule has 0 aliphatic heterocycles. The molecular weight excluding hydrogens is 382 g/mol. The SMILES string of the molecule is CC.CC.CC(=N)c1c(N)ccc2nc(-c3ccc4[nH]ncc4c3)c3c(c12)CCCC3.[HH].[HH]. The molecular formula is C26H37N5. The van der Waals surface area contributed by atoms with Crippen molar-refractivity contribution < 1.29 is 2.85 Å². The third-order valence-electron chi connectivity index (χ3n) is 5.59. The number of anilines is 1. The van der Waals surface area contributed by atoms with Gasteiger partial charge in [0.05, 0.1) is 22.9 Å². The summed E-state index contributed by atoms with van der Waals surface area (Å²) in [6.45, 7) is 9.81. The van der Waals surface area contributed by atoms with Gasteiger partial charge in [-0.1, -0.05) is 33.8 Å². The summed E-state index contributed by atoms with van der Waals surface area (Å²) in [6.07, 6.45) is 6.21. The smallest absolute Gasteiger partial charge is 0.0744 e. The number of aromatic nitrogens is 3. The van der Waals surface area contributed by atoms with E-state index in [2.05, 4.69) is 28.4 Å². The fourth-order valence-corrected chi connectivity index (χ4v) is 4.37. The van der Waals surface area contributed by atoms with Crippen LogP contribution in [0, 0.1) is 5.41 Å². The molecule has 0 atom stereocenters. The molecule has 2 aromatic heterocycles. The summed E-state index contributed by atoms with van der Waals surface area (Å²) in [5, 5.41) is 17.6. The Bertz CT molecular complexity index is 1230. The van der Waals surface area contributed by atoms with Crippen molar-refractivity contribution in [3.05, 3.63) is 53.2 Å². The molecule has 4 aromatic rings. The molecule has 0 radical (unpaired) electrons. The number of aryl methyl sites for hydroxylation is 1. The Morgan fingerprint density at radius 1 is 1.03 bits per heavy atom. The number of hydrogen-bond donors (Lipinski definition) is 3. The van der Waals surface area contributed by atoms with E-state index < -0.39 is 0 Å². The number of aromatic amines is 1. The maximum atomic E-state index is 8.25. The van der Waals surface area contributed by atoms with Gasteiger partial charge in [-0.05, 0) is 68.0 Å². The number of hydrogen-bond acceptors (Lipinski definition) is 4. The Balaban J connectivity index is 0.000000863. The van der Waals surface area contributed by atoms with Gasteiger partial charge in [0.2, 0.25) is 0 Å². The van der Waals surface area contributed by atoms with E-state index in [0.29, 0.717) is 11.4 Å². The predicted molar refractivity (Wildman–Crippen MR) is 137 cm³/mol. The Labute approximate surface area is 187 Å². The second-order valence-corrected chi connectivity index (χ2v) is 7.35. The number of nitrogens with two attached hydrogens (primary N) is 1. The second kappa shape index (κ2) is 9.73. The van der Waals surface area contributed by atoms with E-state index in [1.165, 1.54) is 17.5 Å². The van der Waals surface area contributed by atoms with Crippen LogP contribution in [-0.4, -0.2) is 20.9 Å². The maximum Gasteiger partial charge on any atom is 0.0744 e. The lowest BCUT2D eigenvalue weighted by Crippen LogP contribution is -2.11. The third-order valence-corrected chi connectivity index (χ3v) is 5.59. The Morgan fingerprint density at radius 2 is 1.74 bits per heavy atom. The summed E-state index contributed by atoms with van der Waals surface area (Å²) >= 11 is 0. The van der Waals surface area contributed by atoms with Crippen molar-refractivity contribution in [3.63, 3.8) is 0 Å². The number of nitrogen functional groups attached to an aromatic ring is 1. The van der Waals surface area contributed by atoms with Gasteiger partial charge >= 0.3 is 0 Å². The van der Waals surface area contributed by atoms with Gasteiger partial charge in [0.15, 0.2) is 0 Å². The molecule has 0 bridgehead atoms. The van der Waals surface area contributed by atoms with Crippen LogP contribution in [0.3, 0.4) is 0 Å². The minimum absolute atomic E-state index is 0. The van der Waals surface area contributed by atoms with E-state index in [1.54, 1.807) is 6.92 Å². The molecule has 1 aliphatic carbocycles. The van der Waals surface area contributed by atoms with E-state index in [9.17, 15) is 0 Å². The van der Waals surface area contributed by atoms with Gasteiger partial charge in [0.1, 0.15) is 0 Å². The van der Waals surface area contributed by atoms with Crippen molar-refractivity contribution >= 4 is 33.2 Å². The molecule has 0 amide bonds. The zero-order chi connectivity index (χ0) is 22.5. The second-order valence-electron chi connectivity index (χ2n) is 7.35. The van der Waals surface area contributed by atoms with Crippen molar-refractivity contribution in [2.45, 2.75) is 60.3 Å². The van der Waals surface area contributed by atoms with Crippen LogP contribution in [0.25, 0.3) is 33.1 Å². The van der Waals surface area contributed by atoms with Crippen molar-refractivity contribution in [3.8, 4) is 11.3 Å². The lowest BCUT2D eigenvalue weighted by atomic mass is 9.84. The van der Waals surface area contributed by atoms with Crippen LogP contribution >= 0.6 is 0 Å². The predicted octanol–water partition coefficient (Wildman–Crippen LogP) is 7.17. The molecule has 5 rings (SSSR count). The lowest BCUT2D eigenvalue weighted by molar-refractivity contribution is 0.689. The Kier molecular flexibility index (Phi) is 7.06. The molecule has 0 unspecified atom stereocenters. The third kappa shape index (κ3) is 4.05. The van der Waals surface area contributed by atoms with Crippen LogP contribution in [0.2, 0.25) is 0 Å². The highest BCUT2D eigenvalue weighted by molar-refractivity contribution is 6.13. The molecule has 166 valence electrons. The minimum atomic E-state index is 0. The van der Waals surface area contributed by atoms with E-state index in [1.807, 2.05) is 46.0 Å². The molecule has 0 spiro atoms. The van der Waals surface area contributed by atoms with Gasteiger partial charge in [-0.25, -0.2) is 4.98 Å². The van der Waals surface area contributed by atoms with Gasteiger partial charge in [-0.2, -0.15) is 5.10 Å². The minimum Gasteiger partial charge on any atom is -0.398 e. The molecule has 0 fully saturated rings. The first-order chi connectivity index (χ1) is 15.1.